The highest BCUT2D eigenvalue weighted by Gasteiger charge is 2.33. The second-order valence-corrected chi connectivity index (χ2v) is 10.6. The van der Waals surface area contributed by atoms with E-state index in [9.17, 15) is 34.2 Å². The Bertz CT molecular complexity index is 1190. The normalized spacial score (nSPS) is 15.1. The van der Waals surface area contributed by atoms with Gasteiger partial charge < -0.3 is 36.9 Å². The number of carbonyl (C=O) groups excluding carboxylic acids is 3. The minimum Gasteiger partial charge on any atom is -0.481 e. The number of amides is 3. The summed E-state index contributed by atoms with van der Waals surface area (Å²) in [5.74, 6) is -4.68. The number of benzene rings is 1. The molecule has 0 aliphatic heterocycles. The molecule has 1 aromatic carbocycles. The molecule has 0 bridgehead atoms. The number of hydrogen-bond donors (Lipinski definition) is 7. The molecule has 8 N–H and O–H groups in total. The van der Waals surface area contributed by atoms with Crippen molar-refractivity contribution in [2.24, 2.45) is 17.6 Å². The van der Waals surface area contributed by atoms with Crippen molar-refractivity contribution < 1.29 is 34.2 Å². The maximum absolute atomic E-state index is 13.3. The number of para-hydroxylation sites is 1. The van der Waals surface area contributed by atoms with Gasteiger partial charge in [0.05, 0.1) is 6.04 Å². The van der Waals surface area contributed by atoms with Gasteiger partial charge in [0.1, 0.15) is 18.1 Å². The molecule has 3 amide bonds. The van der Waals surface area contributed by atoms with Crippen molar-refractivity contribution in [1.29, 1.82) is 0 Å². The van der Waals surface area contributed by atoms with Crippen molar-refractivity contribution in [1.82, 2.24) is 20.9 Å². The van der Waals surface area contributed by atoms with Crippen molar-refractivity contribution in [3.63, 3.8) is 0 Å². The Labute approximate surface area is 233 Å². The molecule has 2 aromatic rings. The van der Waals surface area contributed by atoms with E-state index in [0.717, 1.165) is 10.9 Å². The summed E-state index contributed by atoms with van der Waals surface area (Å²) in [4.78, 5) is 65.5. The fourth-order valence-electron chi connectivity index (χ4n) is 4.37. The molecule has 40 heavy (non-hydrogen) atoms. The predicted molar refractivity (Wildman–Crippen MR) is 149 cm³/mol. The highest BCUT2D eigenvalue weighted by Crippen LogP contribution is 2.19. The van der Waals surface area contributed by atoms with E-state index in [1.165, 1.54) is 0 Å². The van der Waals surface area contributed by atoms with Crippen LogP contribution in [0.25, 0.3) is 10.9 Å². The third-order valence-electron chi connectivity index (χ3n) is 6.85. The molecule has 0 spiro atoms. The van der Waals surface area contributed by atoms with Crippen LogP contribution in [0.4, 0.5) is 0 Å². The number of nitrogens with one attached hydrogen (secondary N) is 4. The number of fused-ring (bicyclic) bond motifs is 1. The van der Waals surface area contributed by atoms with Gasteiger partial charge in [0.2, 0.25) is 17.7 Å². The number of aromatic amines is 1. The molecular weight excluding hydrogens is 518 g/mol. The summed E-state index contributed by atoms with van der Waals surface area (Å²) in [6.07, 6.45) is 1.84. The van der Waals surface area contributed by atoms with Gasteiger partial charge >= 0.3 is 11.9 Å². The van der Waals surface area contributed by atoms with Crippen LogP contribution in [-0.4, -0.2) is 69.0 Å². The number of carbonyl (C=O) groups is 5. The van der Waals surface area contributed by atoms with E-state index in [2.05, 4.69) is 20.9 Å². The summed E-state index contributed by atoms with van der Waals surface area (Å²) in [6, 6.07) is 2.77. The highest BCUT2D eigenvalue weighted by molar-refractivity contribution is 5.94. The summed E-state index contributed by atoms with van der Waals surface area (Å²) in [7, 11) is 0. The number of hydrogen-bond acceptors (Lipinski definition) is 6. The average Bonchev–Trinajstić information content (AvgIpc) is 3.30. The molecule has 1 heterocycles. The van der Waals surface area contributed by atoms with Gasteiger partial charge in [0, 0.05) is 29.9 Å². The van der Waals surface area contributed by atoms with E-state index in [1.807, 2.05) is 45.0 Å². The molecule has 1 aromatic heterocycles. The molecule has 220 valence electrons. The minimum atomic E-state index is -1.35. The topological polar surface area (TPSA) is 204 Å². The summed E-state index contributed by atoms with van der Waals surface area (Å²) in [5, 5.41) is 27.5. The first kappa shape index (κ1) is 32.3. The predicted octanol–water partition coefficient (Wildman–Crippen LogP) is 1.53. The highest BCUT2D eigenvalue weighted by atomic mass is 16.4. The van der Waals surface area contributed by atoms with Crippen LogP contribution in [0.15, 0.2) is 30.5 Å². The molecule has 0 saturated carbocycles. The zero-order chi connectivity index (χ0) is 30.0. The first-order valence-electron chi connectivity index (χ1n) is 13.5. The molecule has 12 nitrogen and oxygen atoms in total. The Hall–Kier alpha value is -3.93. The number of nitrogens with two attached hydrogens (primary N) is 1. The first-order chi connectivity index (χ1) is 18.8. The fraction of sp³-hybridized carbons (Fsp3) is 0.536. The Morgan fingerprint density at radius 2 is 1.57 bits per heavy atom. The zero-order valence-electron chi connectivity index (χ0n) is 23.4. The van der Waals surface area contributed by atoms with Gasteiger partial charge in [-0.15, -0.1) is 0 Å². The van der Waals surface area contributed by atoms with Crippen molar-refractivity contribution in [2.75, 3.05) is 0 Å². The van der Waals surface area contributed by atoms with E-state index in [-0.39, 0.29) is 24.7 Å². The Morgan fingerprint density at radius 3 is 2.17 bits per heavy atom. The van der Waals surface area contributed by atoms with Crippen molar-refractivity contribution in [2.45, 2.75) is 84.0 Å². The van der Waals surface area contributed by atoms with Crippen LogP contribution < -0.4 is 21.7 Å². The molecule has 0 saturated heterocycles. The Balaban J connectivity index is 2.21. The fourth-order valence-corrected chi connectivity index (χ4v) is 4.37. The minimum absolute atomic E-state index is 0.0377. The van der Waals surface area contributed by atoms with E-state index >= 15 is 0 Å². The van der Waals surface area contributed by atoms with E-state index in [4.69, 9.17) is 5.73 Å². The quantitative estimate of drug-likeness (QED) is 0.160. The van der Waals surface area contributed by atoms with E-state index in [0.29, 0.717) is 18.4 Å². The molecule has 12 heteroatoms. The molecule has 0 fully saturated rings. The second-order valence-electron chi connectivity index (χ2n) is 10.6. The van der Waals surface area contributed by atoms with Gasteiger partial charge in [-0.3, -0.25) is 19.2 Å². The molecular formula is C28H41N5O7. The first-order valence-corrected chi connectivity index (χ1v) is 13.5. The monoisotopic (exact) mass is 559 g/mol. The van der Waals surface area contributed by atoms with Gasteiger partial charge in [-0.2, -0.15) is 0 Å². The molecule has 5 atom stereocenters. The molecule has 0 radical (unpaired) electrons. The summed E-state index contributed by atoms with van der Waals surface area (Å²) in [6.45, 7) is 7.43. The van der Waals surface area contributed by atoms with Crippen LogP contribution in [0.2, 0.25) is 0 Å². The number of carboxylic acids is 2. The lowest BCUT2D eigenvalue weighted by molar-refractivity contribution is -0.143. The Kier molecular flexibility index (Phi) is 12.1. The SMILES string of the molecule is CCC(C)C(NC(=O)C(N)CC(C)C)C(=O)NC(CCC(=O)O)C(=O)NC(Cc1c[nH]c2ccccc12)C(=O)O. The van der Waals surface area contributed by atoms with Crippen molar-refractivity contribution in [3.05, 3.63) is 36.0 Å². The van der Waals surface area contributed by atoms with Crippen LogP contribution in [0.5, 0.6) is 0 Å². The lowest BCUT2D eigenvalue weighted by Crippen LogP contribution is -2.58. The van der Waals surface area contributed by atoms with Crippen LogP contribution in [0, 0.1) is 11.8 Å². The van der Waals surface area contributed by atoms with Crippen LogP contribution >= 0.6 is 0 Å². The third kappa shape index (κ3) is 9.37. The van der Waals surface area contributed by atoms with Gasteiger partial charge in [-0.05, 0) is 36.3 Å². The van der Waals surface area contributed by atoms with Gasteiger partial charge in [0.15, 0.2) is 0 Å². The number of carboxylic acid groups (broad SMARTS) is 2. The molecule has 2 rings (SSSR count). The van der Waals surface area contributed by atoms with E-state index < -0.39 is 60.2 Å². The average molecular weight is 560 g/mol. The second kappa shape index (κ2) is 15.0. The molecule has 0 aliphatic carbocycles. The standard InChI is InChI=1S/C28H41N5O7/c1-5-16(4)24(33-25(36)19(29)12-15(2)3)27(38)31-21(10-11-23(34)35)26(37)32-22(28(39)40)13-17-14-30-20-9-7-6-8-18(17)20/h6-9,14-16,19,21-22,24,30H,5,10-13,29H2,1-4H3,(H,31,38)(H,32,37)(H,33,36)(H,34,35)(H,39,40). The Morgan fingerprint density at radius 1 is 0.925 bits per heavy atom. The largest absolute Gasteiger partial charge is 0.481 e. The number of aliphatic carboxylic acids is 2. The van der Waals surface area contributed by atoms with Crippen LogP contribution in [-0.2, 0) is 30.4 Å². The summed E-state index contributed by atoms with van der Waals surface area (Å²) >= 11 is 0. The van der Waals surface area contributed by atoms with Gasteiger partial charge in [-0.1, -0.05) is 52.3 Å². The lowest BCUT2D eigenvalue weighted by Gasteiger charge is -2.28. The van der Waals surface area contributed by atoms with E-state index in [1.54, 1.807) is 13.1 Å². The van der Waals surface area contributed by atoms with Crippen molar-refractivity contribution in [3.8, 4) is 0 Å². The van der Waals surface area contributed by atoms with Crippen LogP contribution in [0.1, 0.15) is 58.9 Å². The number of H-pyrrole nitrogens is 1. The maximum Gasteiger partial charge on any atom is 0.326 e. The number of rotatable bonds is 16. The third-order valence-corrected chi connectivity index (χ3v) is 6.85. The molecule has 0 aliphatic rings. The maximum atomic E-state index is 13.3. The van der Waals surface area contributed by atoms with Gasteiger partial charge in [-0.25, -0.2) is 4.79 Å². The number of aromatic nitrogens is 1. The summed E-state index contributed by atoms with van der Waals surface area (Å²) in [5.41, 5.74) is 7.46. The van der Waals surface area contributed by atoms with Crippen molar-refractivity contribution >= 4 is 40.6 Å². The lowest BCUT2D eigenvalue weighted by atomic mass is 9.96. The summed E-state index contributed by atoms with van der Waals surface area (Å²) < 4.78 is 0. The zero-order valence-corrected chi connectivity index (χ0v) is 23.4. The molecule has 5 unspecified atom stereocenters. The smallest absolute Gasteiger partial charge is 0.326 e. The van der Waals surface area contributed by atoms with Crippen LogP contribution in [0.3, 0.4) is 0 Å². The van der Waals surface area contributed by atoms with Gasteiger partial charge in [0.25, 0.3) is 0 Å².